The van der Waals surface area contributed by atoms with Crippen molar-refractivity contribution >= 4 is 40.3 Å². The molecule has 0 aliphatic heterocycles. The minimum absolute atomic E-state index is 0.112. The molecule has 6 heteroatoms. The van der Waals surface area contributed by atoms with E-state index in [2.05, 4.69) is 32.9 Å². The number of terminal acetylenes is 1. The van der Waals surface area contributed by atoms with E-state index >= 15 is 0 Å². The number of nitrogens with one attached hydrogen (secondary N) is 1. The van der Waals surface area contributed by atoms with Crippen molar-refractivity contribution < 1.29 is 4.79 Å². The van der Waals surface area contributed by atoms with Gasteiger partial charge in [0.05, 0.1) is 29.9 Å². The number of carbonyl (C=O) groups excluding carboxylic acids is 1. The van der Waals surface area contributed by atoms with Gasteiger partial charge in [-0.3, -0.25) is 4.79 Å². The number of aromatic nitrogens is 2. The first-order valence-electron chi connectivity index (χ1n) is 7.70. The van der Waals surface area contributed by atoms with E-state index < -0.39 is 0 Å². The highest BCUT2D eigenvalue weighted by Gasteiger charge is 2.13. The molecule has 25 heavy (non-hydrogen) atoms. The molecule has 1 N–H and O–H groups in total. The van der Waals surface area contributed by atoms with E-state index in [4.69, 9.17) is 18.0 Å². The van der Waals surface area contributed by atoms with Crippen LogP contribution in [0.3, 0.4) is 0 Å². The fraction of sp³-hybridized carbons (Fsp3) is 0.158. The molecular formula is C19H16ClN3OS. The lowest BCUT2D eigenvalue weighted by molar-refractivity contribution is -0.118. The largest absolute Gasteiger partial charge is 0.344 e. The first kappa shape index (κ1) is 17.4. The van der Waals surface area contributed by atoms with Crippen molar-refractivity contribution in [1.29, 1.82) is 0 Å². The van der Waals surface area contributed by atoms with E-state index in [0.29, 0.717) is 11.6 Å². The number of hydrogen-bond donors (Lipinski definition) is 1. The van der Waals surface area contributed by atoms with Crippen LogP contribution in [0.4, 0.5) is 0 Å². The molecule has 0 aliphatic carbocycles. The van der Waals surface area contributed by atoms with E-state index in [1.165, 1.54) is 11.8 Å². The number of hydrogen-bond acceptors (Lipinski definition) is 3. The zero-order valence-electron chi connectivity index (χ0n) is 13.4. The second-order valence-corrected chi connectivity index (χ2v) is 6.75. The summed E-state index contributed by atoms with van der Waals surface area (Å²) in [6.07, 6.45) is 5.16. The third-order valence-corrected chi connectivity index (χ3v) is 4.79. The Hall–Kier alpha value is -2.42. The van der Waals surface area contributed by atoms with Gasteiger partial charge in [-0.25, -0.2) is 4.98 Å². The highest BCUT2D eigenvalue weighted by Crippen LogP contribution is 2.27. The molecule has 4 nitrogen and oxygen atoms in total. The summed E-state index contributed by atoms with van der Waals surface area (Å²) < 4.78 is 2.10. The standard InChI is InChI=1S/C19H16ClN3OS/c1-2-10-21-18(24)13-25-19-22-16-11-15(20)8-9-17(16)23(19)12-14-6-4-3-5-7-14/h1,3-9,11H,10,12-13H2,(H,21,24). The second kappa shape index (κ2) is 8.11. The van der Waals surface area contributed by atoms with E-state index in [1.807, 2.05) is 36.4 Å². The highest BCUT2D eigenvalue weighted by molar-refractivity contribution is 7.99. The summed E-state index contributed by atoms with van der Waals surface area (Å²) in [6, 6.07) is 15.8. The van der Waals surface area contributed by atoms with Crippen LogP contribution in [0.15, 0.2) is 53.7 Å². The van der Waals surface area contributed by atoms with Crippen molar-refractivity contribution in [2.24, 2.45) is 0 Å². The van der Waals surface area contributed by atoms with Crippen LogP contribution in [0.25, 0.3) is 11.0 Å². The van der Waals surface area contributed by atoms with E-state index in [-0.39, 0.29) is 18.2 Å². The second-order valence-electron chi connectivity index (χ2n) is 5.37. The van der Waals surface area contributed by atoms with Gasteiger partial charge in [0.15, 0.2) is 5.16 Å². The van der Waals surface area contributed by atoms with Gasteiger partial charge in [-0.2, -0.15) is 0 Å². The molecule has 0 unspecified atom stereocenters. The SMILES string of the molecule is C#CCNC(=O)CSc1nc2cc(Cl)ccc2n1Cc1ccccc1. The van der Waals surface area contributed by atoms with Gasteiger partial charge in [0, 0.05) is 5.02 Å². The van der Waals surface area contributed by atoms with Gasteiger partial charge in [-0.15, -0.1) is 6.42 Å². The third-order valence-electron chi connectivity index (χ3n) is 3.58. The third kappa shape index (κ3) is 4.36. The predicted molar refractivity (Wildman–Crippen MR) is 103 cm³/mol. The summed E-state index contributed by atoms with van der Waals surface area (Å²) >= 11 is 7.47. The highest BCUT2D eigenvalue weighted by atomic mass is 35.5. The van der Waals surface area contributed by atoms with E-state index in [0.717, 1.165) is 21.8 Å². The maximum atomic E-state index is 11.8. The number of imidazole rings is 1. The van der Waals surface area contributed by atoms with Gasteiger partial charge in [-0.05, 0) is 23.8 Å². The first-order valence-corrected chi connectivity index (χ1v) is 9.06. The number of thioether (sulfide) groups is 1. The van der Waals surface area contributed by atoms with Crippen LogP contribution in [0.2, 0.25) is 5.02 Å². The van der Waals surface area contributed by atoms with Gasteiger partial charge in [0.2, 0.25) is 5.91 Å². The molecule has 0 aliphatic rings. The Morgan fingerprint density at radius 1 is 1.28 bits per heavy atom. The molecule has 1 aromatic heterocycles. The fourth-order valence-corrected chi connectivity index (χ4v) is 3.45. The van der Waals surface area contributed by atoms with Crippen molar-refractivity contribution in [3.05, 3.63) is 59.1 Å². The van der Waals surface area contributed by atoms with Crippen LogP contribution >= 0.6 is 23.4 Å². The van der Waals surface area contributed by atoms with Crippen LogP contribution in [0.5, 0.6) is 0 Å². The maximum absolute atomic E-state index is 11.8. The Morgan fingerprint density at radius 3 is 2.84 bits per heavy atom. The molecule has 3 aromatic rings. The fourth-order valence-electron chi connectivity index (χ4n) is 2.44. The summed E-state index contributed by atoms with van der Waals surface area (Å²) in [6.45, 7) is 0.905. The number of fused-ring (bicyclic) bond motifs is 1. The average molecular weight is 370 g/mol. The Morgan fingerprint density at radius 2 is 2.08 bits per heavy atom. The molecule has 1 heterocycles. The normalized spacial score (nSPS) is 10.6. The van der Waals surface area contributed by atoms with Crippen LogP contribution in [0.1, 0.15) is 5.56 Å². The number of benzene rings is 2. The summed E-state index contributed by atoms with van der Waals surface area (Å²) in [5, 5.41) is 4.07. The molecule has 2 aromatic carbocycles. The summed E-state index contributed by atoms with van der Waals surface area (Å²) in [7, 11) is 0. The molecule has 126 valence electrons. The zero-order valence-corrected chi connectivity index (χ0v) is 15.0. The summed E-state index contributed by atoms with van der Waals surface area (Å²) in [4.78, 5) is 16.5. The van der Waals surface area contributed by atoms with Crippen molar-refractivity contribution in [2.75, 3.05) is 12.3 Å². The lowest BCUT2D eigenvalue weighted by atomic mass is 10.2. The number of rotatable bonds is 6. The number of halogens is 1. The monoisotopic (exact) mass is 369 g/mol. The van der Waals surface area contributed by atoms with Gasteiger partial charge >= 0.3 is 0 Å². The van der Waals surface area contributed by atoms with Gasteiger partial charge in [0.1, 0.15) is 0 Å². The Labute approximate surface area is 155 Å². The maximum Gasteiger partial charge on any atom is 0.231 e. The Kier molecular flexibility index (Phi) is 5.64. The van der Waals surface area contributed by atoms with E-state index in [1.54, 1.807) is 0 Å². The van der Waals surface area contributed by atoms with Gasteiger partial charge in [0.25, 0.3) is 0 Å². The van der Waals surface area contributed by atoms with Gasteiger partial charge < -0.3 is 9.88 Å². The number of amides is 1. The van der Waals surface area contributed by atoms with E-state index in [9.17, 15) is 4.79 Å². The van der Waals surface area contributed by atoms with Gasteiger partial charge in [-0.1, -0.05) is 59.6 Å². The quantitative estimate of drug-likeness (QED) is 0.533. The number of nitrogens with zero attached hydrogens (tertiary/aromatic N) is 2. The molecule has 0 spiro atoms. The molecule has 3 rings (SSSR count). The topological polar surface area (TPSA) is 46.9 Å². The first-order chi connectivity index (χ1) is 12.2. The molecule has 0 saturated heterocycles. The molecule has 0 atom stereocenters. The smallest absolute Gasteiger partial charge is 0.231 e. The van der Waals surface area contributed by atoms with Crippen LogP contribution in [-0.2, 0) is 11.3 Å². The van der Waals surface area contributed by atoms with Crippen LogP contribution < -0.4 is 5.32 Å². The lowest BCUT2D eigenvalue weighted by Crippen LogP contribution is -2.25. The molecule has 0 fully saturated rings. The van der Waals surface area contributed by atoms with Crippen LogP contribution in [-0.4, -0.2) is 27.8 Å². The predicted octanol–water partition coefficient (Wildman–Crippen LogP) is 3.58. The number of carbonyl (C=O) groups is 1. The minimum Gasteiger partial charge on any atom is -0.344 e. The molecule has 1 amide bonds. The minimum atomic E-state index is -0.112. The van der Waals surface area contributed by atoms with Crippen molar-refractivity contribution in [3.63, 3.8) is 0 Å². The lowest BCUT2D eigenvalue weighted by Gasteiger charge is -2.09. The average Bonchev–Trinajstić information content (AvgIpc) is 2.95. The van der Waals surface area contributed by atoms with Crippen molar-refractivity contribution in [1.82, 2.24) is 14.9 Å². The molecule has 0 radical (unpaired) electrons. The Balaban J connectivity index is 1.89. The summed E-state index contributed by atoms with van der Waals surface area (Å²) in [5.74, 6) is 2.54. The van der Waals surface area contributed by atoms with Crippen molar-refractivity contribution in [3.8, 4) is 12.3 Å². The van der Waals surface area contributed by atoms with Crippen molar-refractivity contribution in [2.45, 2.75) is 11.7 Å². The molecule has 0 saturated carbocycles. The Bertz CT molecular complexity index is 931. The molecule has 0 bridgehead atoms. The molecular weight excluding hydrogens is 354 g/mol. The summed E-state index contributed by atoms with van der Waals surface area (Å²) in [5.41, 5.74) is 2.96. The zero-order chi connectivity index (χ0) is 17.6. The van der Waals surface area contributed by atoms with Crippen LogP contribution in [0, 0.1) is 12.3 Å².